The fourth-order valence-electron chi connectivity index (χ4n) is 3.00. The van der Waals surface area contributed by atoms with Gasteiger partial charge < -0.3 is 15.0 Å². The highest BCUT2D eigenvalue weighted by atomic mass is 19.4. The first-order valence-corrected chi connectivity index (χ1v) is 8.27. The number of halogens is 3. The summed E-state index contributed by atoms with van der Waals surface area (Å²) in [7, 11) is 0. The van der Waals surface area contributed by atoms with Gasteiger partial charge in [0.05, 0.1) is 16.9 Å². The number of para-hydroxylation sites is 3. The van der Waals surface area contributed by atoms with Gasteiger partial charge in [-0.2, -0.15) is 13.2 Å². The van der Waals surface area contributed by atoms with E-state index < -0.39 is 36.0 Å². The van der Waals surface area contributed by atoms with E-state index in [0.29, 0.717) is 11.4 Å². The Kier molecular flexibility index (Phi) is 5.07. The number of carbonyl (C=O) groups excluding carboxylic acids is 2. The van der Waals surface area contributed by atoms with Crippen molar-refractivity contribution in [1.82, 2.24) is 0 Å². The van der Waals surface area contributed by atoms with Crippen LogP contribution < -0.4 is 15.0 Å². The molecular formula is C19H17F3N2O3. The molecule has 0 aliphatic carbocycles. The molecule has 0 bridgehead atoms. The van der Waals surface area contributed by atoms with Crippen molar-refractivity contribution < 1.29 is 27.5 Å². The molecule has 2 aromatic carbocycles. The molecule has 0 aromatic heterocycles. The second-order valence-corrected chi connectivity index (χ2v) is 6.16. The van der Waals surface area contributed by atoms with Gasteiger partial charge in [0.2, 0.25) is 5.91 Å². The average Bonchev–Trinajstić information content (AvgIpc) is 2.73. The van der Waals surface area contributed by atoms with Crippen molar-refractivity contribution in [3.63, 3.8) is 0 Å². The van der Waals surface area contributed by atoms with Gasteiger partial charge in [-0.1, -0.05) is 24.3 Å². The Balaban J connectivity index is 1.84. The fourth-order valence-corrected chi connectivity index (χ4v) is 3.00. The van der Waals surface area contributed by atoms with Gasteiger partial charge in [-0.3, -0.25) is 9.59 Å². The molecule has 2 aromatic rings. The van der Waals surface area contributed by atoms with Gasteiger partial charge in [0, 0.05) is 12.5 Å². The van der Waals surface area contributed by atoms with Crippen LogP contribution >= 0.6 is 0 Å². The van der Waals surface area contributed by atoms with Crippen LogP contribution in [-0.4, -0.2) is 24.5 Å². The molecule has 0 unspecified atom stereocenters. The van der Waals surface area contributed by atoms with E-state index in [2.05, 4.69) is 5.32 Å². The summed E-state index contributed by atoms with van der Waals surface area (Å²) in [5.74, 6) is -1.19. The van der Waals surface area contributed by atoms with E-state index in [4.69, 9.17) is 4.74 Å². The van der Waals surface area contributed by atoms with Crippen molar-refractivity contribution in [1.29, 1.82) is 0 Å². The molecule has 5 nitrogen and oxygen atoms in total. The highest BCUT2D eigenvalue weighted by Gasteiger charge is 2.35. The monoisotopic (exact) mass is 378 g/mol. The lowest BCUT2D eigenvalue weighted by Crippen LogP contribution is -2.41. The predicted octanol–water partition coefficient (Wildman–Crippen LogP) is 3.85. The van der Waals surface area contributed by atoms with E-state index in [1.807, 2.05) is 0 Å². The van der Waals surface area contributed by atoms with Gasteiger partial charge >= 0.3 is 6.18 Å². The second-order valence-electron chi connectivity index (χ2n) is 6.16. The average molecular weight is 378 g/mol. The summed E-state index contributed by atoms with van der Waals surface area (Å²) < 4.78 is 44.4. The number of ether oxygens (including phenoxy) is 1. The number of carbonyl (C=O) groups is 2. The summed E-state index contributed by atoms with van der Waals surface area (Å²) >= 11 is 0. The maximum absolute atomic E-state index is 13.1. The van der Waals surface area contributed by atoms with Crippen molar-refractivity contribution in [2.75, 3.05) is 16.8 Å². The minimum absolute atomic E-state index is 0.0690. The lowest BCUT2D eigenvalue weighted by Gasteiger charge is -2.28. The summed E-state index contributed by atoms with van der Waals surface area (Å²) in [4.78, 5) is 26.1. The number of rotatable bonds is 3. The number of amides is 2. The number of alkyl halides is 3. The van der Waals surface area contributed by atoms with Gasteiger partial charge in [0.25, 0.3) is 5.91 Å². The third kappa shape index (κ3) is 4.05. The lowest BCUT2D eigenvalue weighted by molar-refractivity contribution is -0.139. The molecule has 1 atom stereocenters. The molecule has 1 heterocycles. The zero-order valence-corrected chi connectivity index (χ0v) is 14.4. The molecule has 1 N–H and O–H groups in total. The predicted molar refractivity (Wildman–Crippen MR) is 93.6 cm³/mol. The first-order chi connectivity index (χ1) is 12.8. The van der Waals surface area contributed by atoms with Gasteiger partial charge in [-0.25, -0.2) is 0 Å². The third-order valence-corrected chi connectivity index (χ3v) is 4.17. The molecule has 1 aliphatic rings. The summed E-state index contributed by atoms with van der Waals surface area (Å²) in [6, 6.07) is 11.0. The number of fused-ring (bicyclic) bond motifs is 1. The fraction of sp³-hybridized carbons (Fsp3) is 0.263. The Morgan fingerprint density at radius 2 is 1.85 bits per heavy atom. The Bertz CT molecular complexity index is 867. The van der Waals surface area contributed by atoms with Crippen LogP contribution in [0.4, 0.5) is 24.5 Å². The summed E-state index contributed by atoms with van der Waals surface area (Å²) in [5.41, 5.74) is 0.00316. The zero-order valence-electron chi connectivity index (χ0n) is 14.4. The summed E-state index contributed by atoms with van der Waals surface area (Å²) in [6.45, 7) is 1.11. The number of nitrogens with one attached hydrogen (secondary N) is 1. The van der Waals surface area contributed by atoms with Crippen LogP contribution in [0.25, 0.3) is 0 Å². The number of anilines is 2. The van der Waals surface area contributed by atoms with Crippen molar-refractivity contribution >= 4 is 23.2 Å². The summed E-state index contributed by atoms with van der Waals surface area (Å²) in [6.07, 6.45) is -4.52. The van der Waals surface area contributed by atoms with E-state index in [1.54, 1.807) is 31.2 Å². The van der Waals surface area contributed by atoms with Gasteiger partial charge in [-0.05, 0) is 31.2 Å². The molecule has 1 aliphatic heterocycles. The molecule has 2 amide bonds. The Labute approximate surface area is 153 Å². The SMILES string of the molecule is C[C@@H]1CC(=O)Nc2ccccc2N1C(=O)COc1ccccc1C(F)(F)F. The standard InChI is InChI=1S/C19H17F3N2O3/c1-12-10-17(25)23-14-7-3-4-8-15(14)24(12)18(26)11-27-16-9-5-2-6-13(16)19(20,21)22/h2-9,12H,10-11H2,1H3,(H,23,25)/t12-/m1/s1. The molecule has 0 spiro atoms. The second kappa shape index (κ2) is 7.30. The van der Waals surface area contributed by atoms with E-state index >= 15 is 0 Å². The van der Waals surface area contributed by atoms with Crippen LogP contribution in [0.15, 0.2) is 48.5 Å². The van der Waals surface area contributed by atoms with Gasteiger partial charge in [-0.15, -0.1) is 0 Å². The Morgan fingerprint density at radius 1 is 1.19 bits per heavy atom. The van der Waals surface area contributed by atoms with Crippen LogP contribution in [0.1, 0.15) is 18.9 Å². The van der Waals surface area contributed by atoms with Crippen molar-refractivity contribution in [3.05, 3.63) is 54.1 Å². The highest BCUT2D eigenvalue weighted by molar-refractivity contribution is 6.04. The molecule has 142 valence electrons. The van der Waals surface area contributed by atoms with E-state index in [1.165, 1.54) is 23.1 Å². The van der Waals surface area contributed by atoms with Gasteiger partial charge in [0.1, 0.15) is 5.75 Å². The van der Waals surface area contributed by atoms with Crippen molar-refractivity contribution in [2.24, 2.45) is 0 Å². The van der Waals surface area contributed by atoms with Gasteiger partial charge in [0.15, 0.2) is 6.61 Å². The Morgan fingerprint density at radius 3 is 2.59 bits per heavy atom. The van der Waals surface area contributed by atoms with Crippen LogP contribution in [-0.2, 0) is 15.8 Å². The minimum atomic E-state index is -4.58. The maximum atomic E-state index is 13.1. The molecule has 0 radical (unpaired) electrons. The van der Waals surface area contributed by atoms with Crippen LogP contribution in [0, 0.1) is 0 Å². The Hall–Kier alpha value is -3.03. The van der Waals surface area contributed by atoms with Crippen LogP contribution in [0.5, 0.6) is 5.75 Å². The largest absolute Gasteiger partial charge is 0.483 e. The normalized spacial score (nSPS) is 17.0. The van der Waals surface area contributed by atoms with Crippen molar-refractivity contribution in [3.8, 4) is 5.75 Å². The van der Waals surface area contributed by atoms with E-state index in [-0.39, 0.29) is 12.3 Å². The minimum Gasteiger partial charge on any atom is -0.483 e. The quantitative estimate of drug-likeness (QED) is 0.883. The molecular weight excluding hydrogens is 361 g/mol. The molecule has 3 rings (SSSR count). The smallest absolute Gasteiger partial charge is 0.419 e. The van der Waals surface area contributed by atoms with Crippen LogP contribution in [0.3, 0.4) is 0 Å². The first-order valence-electron chi connectivity index (χ1n) is 8.27. The molecule has 8 heteroatoms. The number of hydrogen-bond donors (Lipinski definition) is 1. The number of benzene rings is 2. The third-order valence-electron chi connectivity index (χ3n) is 4.17. The maximum Gasteiger partial charge on any atom is 0.419 e. The first kappa shape index (κ1) is 18.8. The van der Waals surface area contributed by atoms with Crippen molar-refractivity contribution in [2.45, 2.75) is 25.6 Å². The number of nitrogens with zero attached hydrogens (tertiary/aromatic N) is 1. The lowest BCUT2D eigenvalue weighted by atomic mass is 10.1. The van der Waals surface area contributed by atoms with E-state index in [0.717, 1.165) is 6.07 Å². The molecule has 27 heavy (non-hydrogen) atoms. The highest BCUT2D eigenvalue weighted by Crippen LogP contribution is 2.36. The van der Waals surface area contributed by atoms with Crippen LogP contribution in [0.2, 0.25) is 0 Å². The molecule has 0 saturated carbocycles. The molecule has 0 fully saturated rings. The number of hydrogen-bond acceptors (Lipinski definition) is 3. The zero-order chi connectivity index (χ0) is 19.6. The molecule has 0 saturated heterocycles. The van der Waals surface area contributed by atoms with E-state index in [9.17, 15) is 22.8 Å². The topological polar surface area (TPSA) is 58.6 Å². The summed E-state index contributed by atoms with van der Waals surface area (Å²) in [5, 5.41) is 2.72.